The Balaban J connectivity index is 0.00000363. The molecule has 32 heavy (non-hydrogen) atoms. The smallest absolute Gasteiger partial charge is 0.241 e. The number of benzene rings is 2. The Morgan fingerprint density at radius 2 is 1.72 bits per heavy atom. The first kappa shape index (κ1) is 25.4. The summed E-state index contributed by atoms with van der Waals surface area (Å²) in [6, 6.07) is 20.2. The van der Waals surface area contributed by atoms with E-state index in [9.17, 15) is 4.79 Å². The minimum absolute atomic E-state index is 0. The Morgan fingerprint density at radius 3 is 2.38 bits per heavy atom. The number of aryl methyl sites for hydroxylation is 2. The summed E-state index contributed by atoms with van der Waals surface area (Å²) in [7, 11) is 3.48. The number of para-hydroxylation sites is 1. The van der Waals surface area contributed by atoms with Gasteiger partial charge in [0.15, 0.2) is 5.96 Å². The van der Waals surface area contributed by atoms with Gasteiger partial charge in [-0.05, 0) is 37.1 Å². The fraction of sp³-hybridized carbons (Fsp3) is 0.292. The highest BCUT2D eigenvalue weighted by atomic mass is 127. The molecule has 2 N–H and O–H groups in total. The number of rotatable bonds is 7. The van der Waals surface area contributed by atoms with E-state index in [-0.39, 0.29) is 36.4 Å². The van der Waals surface area contributed by atoms with Crippen molar-refractivity contribution in [3.05, 3.63) is 83.2 Å². The second-order valence-electron chi connectivity index (χ2n) is 7.61. The lowest BCUT2D eigenvalue weighted by Gasteiger charge is -2.16. The van der Waals surface area contributed by atoms with Crippen molar-refractivity contribution < 1.29 is 4.79 Å². The molecular weight excluding hydrogens is 515 g/mol. The van der Waals surface area contributed by atoms with E-state index in [4.69, 9.17) is 0 Å². The van der Waals surface area contributed by atoms with Crippen LogP contribution in [0, 0.1) is 13.8 Å². The van der Waals surface area contributed by atoms with Crippen LogP contribution in [0.25, 0.3) is 5.69 Å². The molecule has 1 heterocycles. The molecule has 7 nitrogen and oxygen atoms in total. The number of halogens is 1. The number of aromatic nitrogens is 2. The standard InChI is InChI=1S/C24H30N6O.HI/c1-18-14-19(2)30(28-18)22-13-9-8-12-21(22)16-26-24(27-17-23(31)29(3)4)25-15-20-10-6-5-7-11-20;/h5-14H,15-17H2,1-4H3,(H2,25,26,27);1H. The third kappa shape index (κ3) is 7.08. The van der Waals surface area contributed by atoms with Gasteiger partial charge in [-0.3, -0.25) is 4.79 Å². The molecule has 3 aromatic rings. The first-order valence-electron chi connectivity index (χ1n) is 10.3. The second-order valence-corrected chi connectivity index (χ2v) is 7.61. The van der Waals surface area contributed by atoms with Crippen molar-refractivity contribution in [1.29, 1.82) is 0 Å². The maximum Gasteiger partial charge on any atom is 0.241 e. The zero-order chi connectivity index (χ0) is 22.2. The van der Waals surface area contributed by atoms with Gasteiger partial charge in [-0.1, -0.05) is 48.5 Å². The minimum Gasteiger partial charge on any atom is -0.352 e. The van der Waals surface area contributed by atoms with Gasteiger partial charge >= 0.3 is 0 Å². The molecule has 0 aliphatic rings. The minimum atomic E-state index is -0.0164. The van der Waals surface area contributed by atoms with Crippen LogP contribution in [0.3, 0.4) is 0 Å². The van der Waals surface area contributed by atoms with Crippen molar-refractivity contribution in [2.75, 3.05) is 20.6 Å². The quantitative estimate of drug-likeness (QED) is 0.271. The van der Waals surface area contributed by atoms with E-state index in [1.807, 2.05) is 61.0 Å². The van der Waals surface area contributed by atoms with Crippen molar-refractivity contribution in [3.8, 4) is 5.69 Å². The SMILES string of the molecule is Cc1cc(C)n(-c2ccccc2CNC(=NCc2ccccc2)NCC(=O)N(C)C)n1.I. The van der Waals surface area contributed by atoms with E-state index in [0.29, 0.717) is 19.0 Å². The van der Waals surface area contributed by atoms with Gasteiger partial charge in [0.1, 0.15) is 0 Å². The van der Waals surface area contributed by atoms with Gasteiger partial charge < -0.3 is 15.5 Å². The highest BCUT2D eigenvalue weighted by Crippen LogP contribution is 2.17. The summed E-state index contributed by atoms with van der Waals surface area (Å²) in [5.74, 6) is 0.569. The zero-order valence-corrected chi connectivity index (χ0v) is 21.3. The van der Waals surface area contributed by atoms with Crippen molar-refractivity contribution in [2.24, 2.45) is 4.99 Å². The van der Waals surface area contributed by atoms with Gasteiger partial charge in [0, 0.05) is 26.3 Å². The Labute approximate surface area is 206 Å². The summed E-state index contributed by atoms with van der Waals surface area (Å²) < 4.78 is 1.95. The van der Waals surface area contributed by atoms with E-state index in [1.165, 1.54) is 0 Å². The summed E-state index contributed by atoms with van der Waals surface area (Å²) in [4.78, 5) is 18.3. The van der Waals surface area contributed by atoms with Gasteiger partial charge in [0.2, 0.25) is 5.91 Å². The monoisotopic (exact) mass is 546 g/mol. The van der Waals surface area contributed by atoms with Crippen LogP contribution in [-0.2, 0) is 17.9 Å². The molecule has 2 aromatic carbocycles. The normalized spacial score (nSPS) is 10.9. The van der Waals surface area contributed by atoms with E-state index in [2.05, 4.69) is 38.9 Å². The summed E-state index contributed by atoms with van der Waals surface area (Å²) in [5, 5.41) is 11.1. The molecule has 170 valence electrons. The van der Waals surface area contributed by atoms with Gasteiger partial charge in [-0.2, -0.15) is 5.10 Å². The predicted molar refractivity (Wildman–Crippen MR) is 140 cm³/mol. The van der Waals surface area contributed by atoms with Crippen LogP contribution in [0.15, 0.2) is 65.7 Å². The molecule has 0 bridgehead atoms. The summed E-state index contributed by atoms with van der Waals surface area (Å²) in [6.07, 6.45) is 0. The predicted octanol–water partition coefficient (Wildman–Crippen LogP) is 3.43. The van der Waals surface area contributed by atoms with Gasteiger partial charge in [0.05, 0.1) is 24.5 Å². The Kier molecular flexibility index (Phi) is 9.70. The molecule has 8 heteroatoms. The molecule has 1 aromatic heterocycles. The first-order chi connectivity index (χ1) is 14.9. The van der Waals surface area contributed by atoms with Crippen molar-refractivity contribution >= 4 is 35.8 Å². The Bertz CT molecular complexity index is 1050. The molecular formula is C24H31IN6O. The molecule has 0 radical (unpaired) electrons. The number of nitrogens with one attached hydrogen (secondary N) is 2. The number of carbonyl (C=O) groups excluding carboxylic acids is 1. The van der Waals surface area contributed by atoms with Gasteiger partial charge in [-0.15, -0.1) is 24.0 Å². The number of amides is 1. The van der Waals surface area contributed by atoms with Crippen LogP contribution in [0.5, 0.6) is 0 Å². The van der Waals surface area contributed by atoms with E-state index in [0.717, 1.165) is 28.2 Å². The molecule has 1 amide bonds. The number of hydrogen-bond acceptors (Lipinski definition) is 3. The third-order valence-electron chi connectivity index (χ3n) is 4.84. The Hall–Kier alpha value is -2.88. The number of likely N-dealkylation sites (N-methyl/N-ethyl adjacent to an activating group) is 1. The lowest BCUT2D eigenvalue weighted by atomic mass is 10.1. The van der Waals surface area contributed by atoms with Gasteiger partial charge in [-0.25, -0.2) is 9.67 Å². The van der Waals surface area contributed by atoms with Crippen molar-refractivity contribution in [2.45, 2.75) is 26.9 Å². The lowest BCUT2D eigenvalue weighted by Crippen LogP contribution is -2.42. The molecule has 0 saturated carbocycles. The van der Waals surface area contributed by atoms with E-state index in [1.54, 1.807) is 19.0 Å². The Morgan fingerprint density at radius 1 is 1.03 bits per heavy atom. The average Bonchev–Trinajstić information content (AvgIpc) is 3.11. The molecule has 0 saturated heterocycles. The topological polar surface area (TPSA) is 74.6 Å². The van der Waals surface area contributed by atoms with Crippen molar-refractivity contribution in [3.63, 3.8) is 0 Å². The molecule has 0 fully saturated rings. The fourth-order valence-corrected chi connectivity index (χ4v) is 3.16. The largest absolute Gasteiger partial charge is 0.352 e. The second kappa shape index (κ2) is 12.2. The highest BCUT2D eigenvalue weighted by molar-refractivity contribution is 14.0. The molecule has 0 spiro atoms. The maximum absolute atomic E-state index is 12.0. The van der Waals surface area contributed by atoms with Crippen LogP contribution in [0.4, 0.5) is 0 Å². The number of guanidine groups is 1. The molecule has 0 unspecified atom stereocenters. The van der Waals surface area contributed by atoms with Crippen LogP contribution in [0.2, 0.25) is 0 Å². The van der Waals surface area contributed by atoms with Gasteiger partial charge in [0.25, 0.3) is 0 Å². The lowest BCUT2D eigenvalue weighted by molar-refractivity contribution is -0.127. The average molecular weight is 546 g/mol. The van der Waals surface area contributed by atoms with Crippen LogP contribution < -0.4 is 10.6 Å². The zero-order valence-electron chi connectivity index (χ0n) is 19.0. The first-order valence-corrected chi connectivity index (χ1v) is 10.3. The maximum atomic E-state index is 12.0. The number of hydrogen-bond donors (Lipinski definition) is 2. The fourth-order valence-electron chi connectivity index (χ4n) is 3.16. The molecule has 0 atom stereocenters. The number of nitrogens with zero attached hydrogens (tertiary/aromatic N) is 4. The van der Waals surface area contributed by atoms with Crippen LogP contribution in [0.1, 0.15) is 22.5 Å². The van der Waals surface area contributed by atoms with Crippen molar-refractivity contribution in [1.82, 2.24) is 25.3 Å². The molecule has 0 aliphatic carbocycles. The number of carbonyl (C=O) groups is 1. The summed E-state index contributed by atoms with van der Waals surface area (Å²) in [6.45, 7) is 5.28. The van der Waals surface area contributed by atoms with E-state index < -0.39 is 0 Å². The van der Waals surface area contributed by atoms with Crippen LogP contribution >= 0.6 is 24.0 Å². The summed E-state index contributed by atoms with van der Waals surface area (Å²) >= 11 is 0. The molecule has 3 rings (SSSR count). The van der Waals surface area contributed by atoms with Crippen LogP contribution in [-0.4, -0.2) is 47.2 Å². The van der Waals surface area contributed by atoms with E-state index >= 15 is 0 Å². The highest BCUT2D eigenvalue weighted by Gasteiger charge is 2.10. The molecule has 0 aliphatic heterocycles. The number of aliphatic imine (C=N–C) groups is 1. The third-order valence-corrected chi connectivity index (χ3v) is 4.84. The summed E-state index contributed by atoms with van der Waals surface area (Å²) in [5.41, 5.74) is 5.27.